The van der Waals surface area contributed by atoms with E-state index in [0.29, 0.717) is 11.3 Å². The summed E-state index contributed by atoms with van der Waals surface area (Å²) in [7, 11) is 0. The van der Waals surface area contributed by atoms with Gasteiger partial charge in [-0.3, -0.25) is 10.1 Å². The Morgan fingerprint density at radius 2 is 1.95 bits per heavy atom. The lowest BCUT2D eigenvalue weighted by atomic mass is 10.1. The SMILES string of the molecule is CCOC(=O)Nc1ccccc1C(=O)NC(C)CC. The summed E-state index contributed by atoms with van der Waals surface area (Å²) in [5.41, 5.74) is 0.873. The quantitative estimate of drug-likeness (QED) is 0.859. The first kappa shape index (κ1) is 15.0. The first-order chi connectivity index (χ1) is 9.08. The Morgan fingerprint density at radius 1 is 1.26 bits per heavy atom. The molecule has 0 aliphatic heterocycles. The van der Waals surface area contributed by atoms with Crippen LogP contribution in [0.5, 0.6) is 0 Å². The van der Waals surface area contributed by atoms with Gasteiger partial charge in [-0.05, 0) is 32.4 Å². The fourth-order valence-corrected chi connectivity index (χ4v) is 1.47. The lowest BCUT2D eigenvalue weighted by molar-refractivity contribution is 0.0940. The molecule has 0 aliphatic carbocycles. The van der Waals surface area contributed by atoms with Gasteiger partial charge in [0.1, 0.15) is 0 Å². The van der Waals surface area contributed by atoms with E-state index in [1.807, 2.05) is 13.8 Å². The van der Waals surface area contributed by atoms with Crippen LogP contribution in [0, 0.1) is 0 Å². The van der Waals surface area contributed by atoms with Gasteiger partial charge in [0.2, 0.25) is 0 Å². The van der Waals surface area contributed by atoms with E-state index in [4.69, 9.17) is 4.74 Å². The molecule has 0 heterocycles. The monoisotopic (exact) mass is 264 g/mol. The van der Waals surface area contributed by atoms with E-state index in [0.717, 1.165) is 6.42 Å². The number of anilines is 1. The van der Waals surface area contributed by atoms with Gasteiger partial charge in [0.15, 0.2) is 0 Å². The molecule has 5 nitrogen and oxygen atoms in total. The third-order valence-electron chi connectivity index (χ3n) is 2.67. The largest absolute Gasteiger partial charge is 0.450 e. The summed E-state index contributed by atoms with van der Waals surface area (Å²) in [5.74, 6) is -0.207. The Kier molecular flexibility index (Phi) is 5.85. The first-order valence-electron chi connectivity index (χ1n) is 6.42. The molecule has 104 valence electrons. The molecule has 0 spiro atoms. The normalized spacial score (nSPS) is 11.5. The molecule has 0 saturated carbocycles. The number of hydrogen-bond donors (Lipinski definition) is 2. The molecule has 0 radical (unpaired) electrons. The zero-order valence-corrected chi connectivity index (χ0v) is 11.5. The first-order valence-corrected chi connectivity index (χ1v) is 6.42. The topological polar surface area (TPSA) is 67.4 Å². The van der Waals surface area contributed by atoms with Crippen molar-refractivity contribution in [3.63, 3.8) is 0 Å². The summed E-state index contributed by atoms with van der Waals surface area (Å²) in [5, 5.41) is 5.42. The van der Waals surface area contributed by atoms with Crippen LogP contribution in [0.3, 0.4) is 0 Å². The minimum absolute atomic E-state index is 0.0862. The van der Waals surface area contributed by atoms with Gasteiger partial charge in [-0.1, -0.05) is 19.1 Å². The lowest BCUT2D eigenvalue weighted by Crippen LogP contribution is -2.32. The molecular formula is C14H20N2O3. The van der Waals surface area contributed by atoms with Crippen LogP contribution >= 0.6 is 0 Å². The van der Waals surface area contributed by atoms with E-state index in [9.17, 15) is 9.59 Å². The predicted octanol–water partition coefficient (Wildman–Crippen LogP) is 2.78. The Hall–Kier alpha value is -2.04. The maximum atomic E-state index is 12.1. The number of ether oxygens (including phenoxy) is 1. The summed E-state index contributed by atoms with van der Waals surface area (Å²) in [4.78, 5) is 23.5. The third-order valence-corrected chi connectivity index (χ3v) is 2.67. The van der Waals surface area contributed by atoms with Gasteiger partial charge in [0.25, 0.3) is 5.91 Å². The number of hydrogen-bond acceptors (Lipinski definition) is 3. The lowest BCUT2D eigenvalue weighted by Gasteiger charge is -2.14. The second kappa shape index (κ2) is 7.41. The van der Waals surface area contributed by atoms with Gasteiger partial charge >= 0.3 is 6.09 Å². The summed E-state index contributed by atoms with van der Waals surface area (Å²) < 4.78 is 4.80. The van der Waals surface area contributed by atoms with Crippen molar-refractivity contribution in [3.8, 4) is 0 Å². The number of nitrogens with one attached hydrogen (secondary N) is 2. The second-order valence-electron chi connectivity index (χ2n) is 4.17. The van der Waals surface area contributed by atoms with Crippen LogP contribution in [-0.2, 0) is 4.74 Å². The van der Waals surface area contributed by atoms with Crippen molar-refractivity contribution in [1.82, 2.24) is 5.32 Å². The Labute approximate surface area is 113 Å². The highest BCUT2D eigenvalue weighted by molar-refractivity contribution is 6.02. The molecule has 19 heavy (non-hydrogen) atoms. The molecule has 0 saturated heterocycles. The number of carbonyl (C=O) groups is 2. The Bertz CT molecular complexity index is 446. The third kappa shape index (κ3) is 4.62. The van der Waals surface area contributed by atoms with Gasteiger partial charge in [0, 0.05) is 6.04 Å². The molecule has 0 bridgehead atoms. The van der Waals surface area contributed by atoms with Crippen molar-refractivity contribution in [2.24, 2.45) is 0 Å². The molecule has 1 rings (SSSR count). The van der Waals surface area contributed by atoms with Crippen LogP contribution in [0.2, 0.25) is 0 Å². The number of para-hydroxylation sites is 1. The number of benzene rings is 1. The standard InChI is InChI=1S/C14H20N2O3/c1-4-10(3)15-13(17)11-8-6-7-9-12(11)16-14(18)19-5-2/h6-10H,4-5H2,1-3H3,(H,15,17)(H,16,18). The summed E-state index contributed by atoms with van der Waals surface area (Å²) in [6.07, 6.45) is 0.283. The summed E-state index contributed by atoms with van der Waals surface area (Å²) >= 11 is 0. The molecular weight excluding hydrogens is 244 g/mol. The second-order valence-corrected chi connectivity index (χ2v) is 4.17. The Balaban J connectivity index is 2.83. The van der Waals surface area contributed by atoms with E-state index in [1.54, 1.807) is 31.2 Å². The highest BCUT2D eigenvalue weighted by Crippen LogP contribution is 2.15. The van der Waals surface area contributed by atoms with Crippen LogP contribution in [0.4, 0.5) is 10.5 Å². The summed E-state index contributed by atoms with van der Waals surface area (Å²) in [6.45, 7) is 5.93. The molecule has 0 fully saturated rings. The highest BCUT2D eigenvalue weighted by atomic mass is 16.5. The Morgan fingerprint density at radius 3 is 2.58 bits per heavy atom. The van der Waals surface area contributed by atoms with E-state index < -0.39 is 6.09 Å². The summed E-state index contributed by atoms with van der Waals surface area (Å²) in [6, 6.07) is 6.92. The van der Waals surface area contributed by atoms with Crippen LogP contribution < -0.4 is 10.6 Å². The van der Waals surface area contributed by atoms with Crippen molar-refractivity contribution in [1.29, 1.82) is 0 Å². The van der Waals surface area contributed by atoms with Crippen molar-refractivity contribution in [2.75, 3.05) is 11.9 Å². The maximum absolute atomic E-state index is 12.1. The molecule has 1 aromatic rings. The average Bonchev–Trinajstić information content (AvgIpc) is 2.39. The van der Waals surface area contributed by atoms with Crippen LogP contribution in [0.1, 0.15) is 37.6 Å². The van der Waals surface area contributed by atoms with Crippen molar-refractivity contribution in [3.05, 3.63) is 29.8 Å². The smallest absolute Gasteiger partial charge is 0.411 e. The van der Waals surface area contributed by atoms with Gasteiger partial charge in [-0.15, -0.1) is 0 Å². The molecule has 5 heteroatoms. The van der Waals surface area contributed by atoms with E-state index in [1.165, 1.54) is 0 Å². The van der Waals surface area contributed by atoms with E-state index in [-0.39, 0.29) is 18.6 Å². The molecule has 0 aromatic heterocycles. The average molecular weight is 264 g/mol. The van der Waals surface area contributed by atoms with Gasteiger partial charge in [-0.25, -0.2) is 4.79 Å². The minimum Gasteiger partial charge on any atom is -0.450 e. The van der Waals surface area contributed by atoms with Crippen LogP contribution in [-0.4, -0.2) is 24.6 Å². The molecule has 2 N–H and O–H groups in total. The zero-order valence-electron chi connectivity index (χ0n) is 11.5. The van der Waals surface area contributed by atoms with Crippen LogP contribution in [0.15, 0.2) is 24.3 Å². The van der Waals surface area contributed by atoms with Crippen molar-refractivity contribution in [2.45, 2.75) is 33.2 Å². The minimum atomic E-state index is -0.564. The van der Waals surface area contributed by atoms with Gasteiger partial charge < -0.3 is 10.1 Å². The van der Waals surface area contributed by atoms with Gasteiger partial charge in [0.05, 0.1) is 17.9 Å². The number of carbonyl (C=O) groups excluding carboxylic acids is 2. The van der Waals surface area contributed by atoms with Crippen molar-refractivity contribution < 1.29 is 14.3 Å². The fraction of sp³-hybridized carbons (Fsp3) is 0.429. The molecule has 1 atom stereocenters. The van der Waals surface area contributed by atoms with E-state index in [2.05, 4.69) is 10.6 Å². The van der Waals surface area contributed by atoms with E-state index >= 15 is 0 Å². The highest BCUT2D eigenvalue weighted by Gasteiger charge is 2.14. The van der Waals surface area contributed by atoms with Gasteiger partial charge in [-0.2, -0.15) is 0 Å². The zero-order chi connectivity index (χ0) is 14.3. The molecule has 2 amide bonds. The van der Waals surface area contributed by atoms with Crippen LogP contribution in [0.25, 0.3) is 0 Å². The predicted molar refractivity (Wildman–Crippen MR) is 74.3 cm³/mol. The molecule has 1 aromatic carbocycles. The van der Waals surface area contributed by atoms with Crippen molar-refractivity contribution >= 4 is 17.7 Å². The molecule has 1 unspecified atom stereocenters. The fourth-order valence-electron chi connectivity index (χ4n) is 1.47. The number of amides is 2. The number of rotatable bonds is 5. The molecule has 0 aliphatic rings. The maximum Gasteiger partial charge on any atom is 0.411 e.